The molecule has 2 rings (SSSR count). The summed E-state index contributed by atoms with van der Waals surface area (Å²) in [5.74, 6) is 6.93. The van der Waals surface area contributed by atoms with E-state index in [1.54, 1.807) is 20.3 Å². The molecule has 112 valence electrons. The zero-order valence-corrected chi connectivity index (χ0v) is 13.1. The van der Waals surface area contributed by atoms with Gasteiger partial charge in [0.1, 0.15) is 11.5 Å². The first-order valence-electron chi connectivity index (χ1n) is 6.10. The van der Waals surface area contributed by atoms with Gasteiger partial charge in [-0.3, -0.25) is 10.8 Å². The molecule has 0 fully saturated rings. The molecule has 0 saturated heterocycles. The van der Waals surface area contributed by atoms with Gasteiger partial charge in [-0.15, -0.1) is 0 Å². The van der Waals surface area contributed by atoms with Crippen molar-refractivity contribution in [3.05, 3.63) is 51.8 Å². The predicted molar refractivity (Wildman–Crippen MR) is 83.0 cm³/mol. The normalized spacial score (nSPS) is 12.0. The Hall–Kier alpha value is -1.53. The van der Waals surface area contributed by atoms with Crippen LogP contribution in [0, 0.1) is 0 Å². The van der Waals surface area contributed by atoms with Crippen LogP contribution >= 0.6 is 23.2 Å². The van der Waals surface area contributed by atoms with Crippen LogP contribution in [0.15, 0.2) is 30.5 Å². The van der Waals surface area contributed by atoms with Crippen molar-refractivity contribution in [2.45, 2.75) is 6.04 Å². The number of halogens is 2. The van der Waals surface area contributed by atoms with E-state index in [1.807, 2.05) is 18.2 Å². The molecular weight excluding hydrogens is 313 g/mol. The average molecular weight is 328 g/mol. The van der Waals surface area contributed by atoms with Crippen LogP contribution < -0.4 is 20.7 Å². The van der Waals surface area contributed by atoms with E-state index in [2.05, 4.69) is 10.4 Å². The minimum absolute atomic E-state index is 0.401. The molecule has 7 heteroatoms. The zero-order chi connectivity index (χ0) is 15.4. The fraction of sp³-hybridized carbons (Fsp3) is 0.214. The van der Waals surface area contributed by atoms with Gasteiger partial charge in [0.25, 0.3) is 0 Å². The number of nitrogens with one attached hydrogen (secondary N) is 1. The third-order valence-corrected chi connectivity index (χ3v) is 3.54. The Morgan fingerprint density at radius 3 is 2.29 bits per heavy atom. The van der Waals surface area contributed by atoms with Gasteiger partial charge >= 0.3 is 0 Å². The Morgan fingerprint density at radius 2 is 1.81 bits per heavy atom. The number of nitrogens with zero attached hydrogens (tertiary/aromatic N) is 1. The molecule has 0 amide bonds. The van der Waals surface area contributed by atoms with Crippen LogP contribution in [0.2, 0.25) is 10.0 Å². The van der Waals surface area contributed by atoms with E-state index in [9.17, 15) is 0 Å². The van der Waals surface area contributed by atoms with Crippen molar-refractivity contribution < 1.29 is 9.47 Å². The number of aromatic nitrogens is 1. The van der Waals surface area contributed by atoms with Gasteiger partial charge in [0.15, 0.2) is 0 Å². The van der Waals surface area contributed by atoms with E-state index in [-0.39, 0.29) is 0 Å². The highest BCUT2D eigenvalue weighted by Crippen LogP contribution is 2.38. The van der Waals surface area contributed by atoms with E-state index < -0.39 is 6.04 Å². The number of pyridine rings is 1. The van der Waals surface area contributed by atoms with Crippen LogP contribution in [0.4, 0.5) is 0 Å². The molecule has 0 aliphatic carbocycles. The summed E-state index contributed by atoms with van der Waals surface area (Å²) >= 11 is 12.1. The number of methoxy groups -OCH3 is 2. The molecule has 1 atom stereocenters. The fourth-order valence-electron chi connectivity index (χ4n) is 2.10. The Balaban J connectivity index is 2.61. The van der Waals surface area contributed by atoms with Gasteiger partial charge in [0.2, 0.25) is 0 Å². The quantitative estimate of drug-likeness (QED) is 0.652. The van der Waals surface area contributed by atoms with Crippen LogP contribution in [-0.4, -0.2) is 19.2 Å². The molecule has 0 aliphatic rings. The number of ether oxygens (including phenoxy) is 2. The van der Waals surface area contributed by atoms with Crippen LogP contribution in [0.5, 0.6) is 11.5 Å². The van der Waals surface area contributed by atoms with Crippen LogP contribution in [0.1, 0.15) is 17.3 Å². The summed E-state index contributed by atoms with van der Waals surface area (Å²) in [5.41, 5.74) is 3.94. The van der Waals surface area contributed by atoms with Crippen molar-refractivity contribution >= 4 is 23.2 Å². The predicted octanol–water partition coefficient (Wildman–Crippen LogP) is 2.96. The first-order valence-corrected chi connectivity index (χ1v) is 6.86. The van der Waals surface area contributed by atoms with Crippen LogP contribution in [0.25, 0.3) is 0 Å². The van der Waals surface area contributed by atoms with Gasteiger partial charge in [0, 0.05) is 6.20 Å². The van der Waals surface area contributed by atoms with Gasteiger partial charge in [-0.1, -0.05) is 29.3 Å². The van der Waals surface area contributed by atoms with Gasteiger partial charge in [-0.25, -0.2) is 5.43 Å². The van der Waals surface area contributed by atoms with Crippen molar-refractivity contribution in [2.75, 3.05) is 14.2 Å². The molecule has 0 bridgehead atoms. The molecule has 3 N–H and O–H groups in total. The summed E-state index contributed by atoms with van der Waals surface area (Å²) in [6.07, 6.45) is 1.51. The Bertz CT molecular complexity index is 615. The van der Waals surface area contributed by atoms with Gasteiger partial charge in [0.05, 0.1) is 41.6 Å². The second-order valence-electron chi connectivity index (χ2n) is 4.20. The lowest BCUT2D eigenvalue weighted by Gasteiger charge is -2.22. The summed E-state index contributed by atoms with van der Waals surface area (Å²) in [6.45, 7) is 0. The molecule has 0 radical (unpaired) electrons. The molecule has 1 aromatic heterocycles. The van der Waals surface area contributed by atoms with E-state index in [0.29, 0.717) is 32.8 Å². The third kappa shape index (κ3) is 3.22. The Kier molecular flexibility index (Phi) is 5.25. The number of hydrogen-bond acceptors (Lipinski definition) is 5. The van der Waals surface area contributed by atoms with E-state index in [4.69, 9.17) is 38.5 Å². The highest BCUT2D eigenvalue weighted by atomic mass is 35.5. The lowest BCUT2D eigenvalue weighted by molar-refractivity contribution is 0.376. The second kappa shape index (κ2) is 6.95. The Labute approximate surface area is 132 Å². The maximum Gasteiger partial charge on any atom is 0.127 e. The molecule has 21 heavy (non-hydrogen) atoms. The molecule has 1 aromatic carbocycles. The van der Waals surface area contributed by atoms with E-state index in [0.717, 1.165) is 0 Å². The highest BCUT2D eigenvalue weighted by molar-refractivity contribution is 6.34. The SMILES string of the molecule is COc1cccc(OC)c1C(NN)c1ncc(Cl)cc1Cl. The topological polar surface area (TPSA) is 69.4 Å². The van der Waals surface area contributed by atoms with Crippen molar-refractivity contribution in [2.24, 2.45) is 5.84 Å². The summed E-state index contributed by atoms with van der Waals surface area (Å²) in [6, 6.07) is 6.56. The standard InChI is InChI=1S/C14H15Cl2N3O2/c1-20-10-4-3-5-11(21-2)12(10)14(19-17)13-9(16)6-8(15)7-18-13/h3-7,14,19H,17H2,1-2H3. The molecule has 0 spiro atoms. The number of nitrogens with two attached hydrogens (primary N) is 1. The molecule has 0 saturated carbocycles. The van der Waals surface area contributed by atoms with E-state index in [1.165, 1.54) is 6.20 Å². The van der Waals surface area contributed by atoms with Crippen LogP contribution in [0.3, 0.4) is 0 Å². The number of hydrazine groups is 1. The summed E-state index contributed by atoms with van der Waals surface area (Å²) < 4.78 is 10.8. The maximum absolute atomic E-state index is 6.22. The van der Waals surface area contributed by atoms with Gasteiger partial charge in [-0.2, -0.15) is 0 Å². The number of rotatable bonds is 5. The van der Waals surface area contributed by atoms with E-state index >= 15 is 0 Å². The van der Waals surface area contributed by atoms with Gasteiger partial charge < -0.3 is 9.47 Å². The smallest absolute Gasteiger partial charge is 0.127 e. The highest BCUT2D eigenvalue weighted by Gasteiger charge is 2.24. The molecule has 1 heterocycles. The minimum atomic E-state index is -0.499. The molecule has 0 aliphatic heterocycles. The lowest BCUT2D eigenvalue weighted by atomic mass is 10.0. The zero-order valence-electron chi connectivity index (χ0n) is 11.6. The Morgan fingerprint density at radius 1 is 1.19 bits per heavy atom. The van der Waals surface area contributed by atoms with Crippen molar-refractivity contribution in [1.82, 2.24) is 10.4 Å². The van der Waals surface area contributed by atoms with Crippen molar-refractivity contribution in [3.63, 3.8) is 0 Å². The number of hydrogen-bond donors (Lipinski definition) is 2. The lowest BCUT2D eigenvalue weighted by Crippen LogP contribution is -2.30. The monoisotopic (exact) mass is 327 g/mol. The number of benzene rings is 1. The summed E-state index contributed by atoms with van der Waals surface area (Å²) in [7, 11) is 3.14. The molecular formula is C14H15Cl2N3O2. The third-order valence-electron chi connectivity index (χ3n) is 3.03. The fourth-order valence-corrected chi connectivity index (χ4v) is 2.59. The average Bonchev–Trinajstić information content (AvgIpc) is 2.49. The first-order chi connectivity index (χ1) is 10.1. The molecule has 5 nitrogen and oxygen atoms in total. The maximum atomic E-state index is 6.22. The summed E-state index contributed by atoms with van der Waals surface area (Å²) in [5, 5.41) is 0.852. The second-order valence-corrected chi connectivity index (χ2v) is 5.04. The van der Waals surface area contributed by atoms with Crippen molar-refractivity contribution in [1.29, 1.82) is 0 Å². The minimum Gasteiger partial charge on any atom is -0.496 e. The first kappa shape index (κ1) is 15.9. The molecule has 1 unspecified atom stereocenters. The molecule has 2 aromatic rings. The van der Waals surface area contributed by atoms with Gasteiger partial charge in [-0.05, 0) is 18.2 Å². The largest absolute Gasteiger partial charge is 0.496 e. The van der Waals surface area contributed by atoms with Crippen LogP contribution in [-0.2, 0) is 0 Å². The summed E-state index contributed by atoms with van der Waals surface area (Å²) in [4.78, 5) is 4.26. The van der Waals surface area contributed by atoms with Crippen molar-refractivity contribution in [3.8, 4) is 11.5 Å².